The van der Waals surface area contributed by atoms with Gasteiger partial charge in [-0.3, -0.25) is 4.74 Å². The molecule has 1 fully saturated rings. The van der Waals surface area contributed by atoms with Crippen molar-refractivity contribution in [1.82, 2.24) is 0 Å². The van der Waals surface area contributed by atoms with Gasteiger partial charge in [-0.2, -0.15) is 22.0 Å². The van der Waals surface area contributed by atoms with Crippen molar-refractivity contribution in [2.24, 2.45) is 0 Å². The van der Waals surface area contributed by atoms with E-state index in [-0.39, 0.29) is 6.10 Å². The van der Waals surface area contributed by atoms with Gasteiger partial charge >= 0.3 is 12.8 Å². The van der Waals surface area contributed by atoms with E-state index < -0.39 is 18.4 Å². The number of halogens is 6. The Hall–Kier alpha value is -0.140. The molecule has 1 N–H and O–H groups in total. The quantitative estimate of drug-likeness (QED) is 0.619. The van der Waals surface area contributed by atoms with E-state index in [2.05, 4.69) is 16.3 Å². The summed E-state index contributed by atoms with van der Waals surface area (Å²) in [5.74, 6) is 0. The minimum absolute atomic E-state index is 0.0359. The van der Waals surface area contributed by atoms with E-state index in [1.54, 1.807) is 0 Å². The van der Waals surface area contributed by atoms with Crippen LogP contribution in [0.1, 0.15) is 32.1 Å². The molecule has 8 heteroatoms. The molecule has 1 unspecified atom stereocenters. The predicted octanol–water partition coefficient (Wildman–Crippen LogP) is 3.66. The van der Waals surface area contributed by atoms with E-state index in [0.29, 0.717) is 0 Å². The SMILES string of the molecule is FC(F)OC(Cl)C(F)(F)F.OC1CCCCC1. The smallest absolute Gasteiger partial charge is 0.393 e. The molecule has 0 aliphatic heterocycles. The third kappa shape index (κ3) is 9.55. The summed E-state index contributed by atoms with van der Waals surface area (Å²) in [5.41, 5.74) is -2.94. The second kappa shape index (κ2) is 8.05. The van der Waals surface area contributed by atoms with Crippen LogP contribution in [0.5, 0.6) is 0 Å². The lowest BCUT2D eigenvalue weighted by atomic mass is 9.98. The van der Waals surface area contributed by atoms with E-state index in [1.165, 1.54) is 19.3 Å². The lowest BCUT2D eigenvalue weighted by Crippen LogP contribution is -2.27. The van der Waals surface area contributed by atoms with Crippen molar-refractivity contribution in [2.45, 2.75) is 56.6 Å². The van der Waals surface area contributed by atoms with Crippen LogP contribution in [0.25, 0.3) is 0 Å². The molecule has 17 heavy (non-hydrogen) atoms. The Morgan fingerprint density at radius 3 is 1.76 bits per heavy atom. The number of ether oxygens (including phenoxy) is 1. The van der Waals surface area contributed by atoms with E-state index in [9.17, 15) is 22.0 Å². The van der Waals surface area contributed by atoms with Crippen LogP contribution < -0.4 is 0 Å². The molecule has 0 aromatic carbocycles. The molecule has 0 aromatic rings. The zero-order chi connectivity index (χ0) is 13.5. The third-order valence-electron chi connectivity index (χ3n) is 2.05. The van der Waals surface area contributed by atoms with Gasteiger partial charge in [0.25, 0.3) is 0 Å². The molecule has 0 aromatic heterocycles. The summed E-state index contributed by atoms with van der Waals surface area (Å²) in [7, 11) is 0. The fourth-order valence-electron chi connectivity index (χ4n) is 1.25. The Morgan fingerprint density at radius 1 is 1.12 bits per heavy atom. The average molecular weight is 285 g/mol. The highest BCUT2D eigenvalue weighted by Crippen LogP contribution is 2.26. The Bertz CT molecular complexity index is 194. The van der Waals surface area contributed by atoms with Crippen LogP contribution in [0.2, 0.25) is 0 Å². The van der Waals surface area contributed by atoms with Gasteiger partial charge in [0, 0.05) is 0 Å². The molecule has 1 aliphatic carbocycles. The molecule has 0 saturated heterocycles. The molecule has 1 saturated carbocycles. The maximum absolute atomic E-state index is 11.2. The maximum Gasteiger partial charge on any atom is 0.428 e. The second-order valence-corrected chi connectivity index (χ2v) is 3.94. The molecule has 1 atom stereocenters. The standard InChI is InChI=1S/C6H12O.C3H2ClF5O/c7-6-4-2-1-3-5-6;4-1(3(7,8)9)10-2(5)6/h6-7H,1-5H2;1-2H. The second-order valence-electron chi connectivity index (χ2n) is 3.55. The summed E-state index contributed by atoms with van der Waals surface area (Å²) in [6, 6.07) is 0. The number of aliphatic hydroxyl groups is 1. The molecule has 0 radical (unpaired) electrons. The first-order valence-electron chi connectivity index (χ1n) is 5.06. The summed E-state index contributed by atoms with van der Waals surface area (Å²) in [5, 5.41) is 8.91. The highest BCUT2D eigenvalue weighted by atomic mass is 35.5. The minimum atomic E-state index is -4.95. The Balaban J connectivity index is 0.000000318. The van der Waals surface area contributed by atoms with Gasteiger partial charge in [0.1, 0.15) is 0 Å². The van der Waals surface area contributed by atoms with Gasteiger partial charge in [-0.15, -0.1) is 0 Å². The number of hydrogen-bond donors (Lipinski definition) is 1. The molecule has 104 valence electrons. The van der Waals surface area contributed by atoms with Crippen molar-refractivity contribution in [3.05, 3.63) is 0 Å². The maximum atomic E-state index is 11.2. The first-order valence-corrected chi connectivity index (χ1v) is 5.49. The monoisotopic (exact) mass is 284 g/mol. The van der Waals surface area contributed by atoms with E-state index >= 15 is 0 Å². The predicted molar refractivity (Wildman–Crippen MR) is 51.9 cm³/mol. The Labute approximate surface area is 101 Å². The molecule has 0 amide bonds. The molecular formula is C9H14ClF5O2. The zero-order valence-corrected chi connectivity index (χ0v) is 9.65. The van der Waals surface area contributed by atoms with Gasteiger partial charge in [-0.1, -0.05) is 30.9 Å². The van der Waals surface area contributed by atoms with Crippen molar-refractivity contribution in [3.8, 4) is 0 Å². The summed E-state index contributed by atoms with van der Waals surface area (Å²) in [6.45, 7) is -3.51. The van der Waals surface area contributed by atoms with Crippen molar-refractivity contribution >= 4 is 11.6 Å². The lowest BCUT2D eigenvalue weighted by Gasteiger charge is -2.14. The van der Waals surface area contributed by atoms with E-state index in [1.807, 2.05) is 0 Å². The molecular weight excluding hydrogens is 271 g/mol. The van der Waals surface area contributed by atoms with Gasteiger partial charge < -0.3 is 5.11 Å². The van der Waals surface area contributed by atoms with Gasteiger partial charge in [-0.05, 0) is 12.8 Å². The van der Waals surface area contributed by atoms with Crippen LogP contribution in [-0.2, 0) is 4.74 Å². The highest BCUT2D eigenvalue weighted by molar-refractivity contribution is 6.20. The van der Waals surface area contributed by atoms with Gasteiger partial charge in [0.05, 0.1) is 6.10 Å². The van der Waals surface area contributed by atoms with Crippen LogP contribution in [0.4, 0.5) is 22.0 Å². The Kier molecular flexibility index (Phi) is 7.98. The molecule has 0 spiro atoms. The fourth-order valence-corrected chi connectivity index (χ4v) is 1.33. The average Bonchev–Trinajstić information content (AvgIpc) is 2.17. The molecule has 1 aliphatic rings. The normalized spacial score (nSPS) is 19.8. The van der Waals surface area contributed by atoms with Crippen LogP contribution >= 0.6 is 11.6 Å². The van der Waals surface area contributed by atoms with E-state index in [4.69, 9.17) is 5.11 Å². The number of alkyl halides is 6. The first kappa shape index (κ1) is 16.9. The Morgan fingerprint density at radius 2 is 1.59 bits per heavy atom. The molecule has 1 rings (SSSR count). The topological polar surface area (TPSA) is 29.5 Å². The van der Waals surface area contributed by atoms with Gasteiger partial charge in [0.2, 0.25) is 5.56 Å². The van der Waals surface area contributed by atoms with Crippen LogP contribution in [0.15, 0.2) is 0 Å². The van der Waals surface area contributed by atoms with Crippen molar-refractivity contribution < 1.29 is 31.8 Å². The summed E-state index contributed by atoms with van der Waals surface area (Å²) < 4.78 is 58.6. The number of hydrogen-bond acceptors (Lipinski definition) is 2. The van der Waals surface area contributed by atoms with Crippen molar-refractivity contribution in [3.63, 3.8) is 0 Å². The summed E-state index contributed by atoms with van der Waals surface area (Å²) in [4.78, 5) is 0. The van der Waals surface area contributed by atoms with Crippen molar-refractivity contribution in [2.75, 3.05) is 0 Å². The van der Waals surface area contributed by atoms with Crippen molar-refractivity contribution in [1.29, 1.82) is 0 Å². The molecule has 2 nitrogen and oxygen atoms in total. The van der Waals surface area contributed by atoms with E-state index in [0.717, 1.165) is 12.8 Å². The van der Waals surface area contributed by atoms with Gasteiger partial charge in [-0.25, -0.2) is 0 Å². The molecule has 0 bridgehead atoms. The molecule has 0 heterocycles. The zero-order valence-electron chi connectivity index (χ0n) is 8.89. The largest absolute Gasteiger partial charge is 0.428 e. The number of aliphatic hydroxyl groups excluding tert-OH is 1. The minimum Gasteiger partial charge on any atom is -0.393 e. The fraction of sp³-hybridized carbons (Fsp3) is 1.00. The summed E-state index contributed by atoms with van der Waals surface area (Å²) >= 11 is 4.32. The van der Waals surface area contributed by atoms with Crippen LogP contribution in [-0.4, -0.2) is 29.6 Å². The van der Waals surface area contributed by atoms with Crippen LogP contribution in [0.3, 0.4) is 0 Å². The highest BCUT2D eigenvalue weighted by Gasteiger charge is 2.41. The number of rotatable bonds is 2. The first-order chi connectivity index (χ1) is 7.73. The third-order valence-corrected chi connectivity index (χ3v) is 2.40. The van der Waals surface area contributed by atoms with Crippen LogP contribution in [0, 0.1) is 0 Å². The lowest BCUT2D eigenvalue weighted by molar-refractivity contribution is -0.246. The van der Waals surface area contributed by atoms with Gasteiger partial charge in [0.15, 0.2) is 0 Å². The summed E-state index contributed by atoms with van der Waals surface area (Å²) in [6.07, 6.45) is 0.978.